The van der Waals surface area contributed by atoms with E-state index in [0.29, 0.717) is 19.4 Å². The van der Waals surface area contributed by atoms with Crippen LogP contribution in [0.2, 0.25) is 0 Å². The molecule has 1 heterocycles. The highest BCUT2D eigenvalue weighted by molar-refractivity contribution is 5.97. The SMILES string of the molecule is COc1ccc(OC(F)(F)F)c(C(=O)N[C@@H]2CCOC(C)(C)C2)c1. The summed E-state index contributed by atoms with van der Waals surface area (Å²) in [6.45, 7) is 4.27. The molecule has 5 nitrogen and oxygen atoms in total. The molecule has 134 valence electrons. The number of hydrogen-bond donors (Lipinski definition) is 1. The number of rotatable bonds is 4. The molecular formula is C16H20F3NO4. The van der Waals surface area contributed by atoms with Gasteiger partial charge in [-0.25, -0.2) is 0 Å². The highest BCUT2D eigenvalue weighted by atomic mass is 19.4. The number of amides is 1. The Labute approximate surface area is 138 Å². The first-order valence-corrected chi connectivity index (χ1v) is 7.48. The van der Waals surface area contributed by atoms with E-state index in [1.165, 1.54) is 19.2 Å². The van der Waals surface area contributed by atoms with E-state index in [9.17, 15) is 18.0 Å². The van der Waals surface area contributed by atoms with Gasteiger partial charge < -0.3 is 19.5 Å². The van der Waals surface area contributed by atoms with Gasteiger partial charge in [-0.05, 0) is 44.9 Å². The second-order valence-electron chi connectivity index (χ2n) is 6.18. The minimum atomic E-state index is -4.88. The van der Waals surface area contributed by atoms with Crippen LogP contribution in [0.15, 0.2) is 18.2 Å². The van der Waals surface area contributed by atoms with Crippen molar-refractivity contribution in [2.75, 3.05) is 13.7 Å². The zero-order valence-electron chi connectivity index (χ0n) is 13.7. The molecule has 0 radical (unpaired) electrons. The molecule has 0 spiro atoms. The van der Waals surface area contributed by atoms with Crippen LogP contribution in [0.3, 0.4) is 0 Å². The van der Waals surface area contributed by atoms with Gasteiger partial charge in [0.2, 0.25) is 0 Å². The zero-order chi connectivity index (χ0) is 18.0. The van der Waals surface area contributed by atoms with Crippen LogP contribution in [0.5, 0.6) is 11.5 Å². The van der Waals surface area contributed by atoms with Crippen LogP contribution in [-0.4, -0.2) is 37.6 Å². The second-order valence-corrected chi connectivity index (χ2v) is 6.18. The van der Waals surface area contributed by atoms with Crippen molar-refractivity contribution in [3.05, 3.63) is 23.8 Å². The molecule has 0 unspecified atom stereocenters. The maximum absolute atomic E-state index is 12.5. The van der Waals surface area contributed by atoms with Gasteiger partial charge in [0.05, 0.1) is 18.3 Å². The Hall–Kier alpha value is -1.96. The molecule has 2 rings (SSSR count). The van der Waals surface area contributed by atoms with Crippen LogP contribution in [-0.2, 0) is 4.74 Å². The Kier molecular flexibility index (Phi) is 5.27. The summed E-state index contributed by atoms with van der Waals surface area (Å²) in [7, 11) is 1.36. The second kappa shape index (κ2) is 6.88. The predicted octanol–water partition coefficient (Wildman–Crippen LogP) is 3.28. The van der Waals surface area contributed by atoms with Crippen molar-refractivity contribution in [2.24, 2.45) is 0 Å². The van der Waals surface area contributed by atoms with Crippen molar-refractivity contribution < 1.29 is 32.2 Å². The maximum atomic E-state index is 12.5. The van der Waals surface area contributed by atoms with Gasteiger partial charge in [-0.2, -0.15) is 0 Å². The van der Waals surface area contributed by atoms with Gasteiger partial charge in [-0.15, -0.1) is 13.2 Å². The largest absolute Gasteiger partial charge is 0.573 e. The van der Waals surface area contributed by atoms with E-state index < -0.39 is 23.6 Å². The number of alkyl halides is 3. The molecule has 1 saturated heterocycles. The first-order chi connectivity index (χ1) is 11.1. The third kappa shape index (κ3) is 5.02. The van der Waals surface area contributed by atoms with E-state index in [2.05, 4.69) is 10.1 Å². The van der Waals surface area contributed by atoms with Gasteiger partial charge in [-0.1, -0.05) is 0 Å². The molecule has 1 aliphatic heterocycles. The average molecular weight is 347 g/mol. The Morgan fingerprint density at radius 1 is 1.38 bits per heavy atom. The summed E-state index contributed by atoms with van der Waals surface area (Å²) in [5.74, 6) is -0.940. The number of carbonyl (C=O) groups excluding carboxylic acids is 1. The third-order valence-corrected chi connectivity index (χ3v) is 3.69. The molecule has 24 heavy (non-hydrogen) atoms. The number of carbonyl (C=O) groups is 1. The Bertz CT molecular complexity index is 601. The van der Waals surface area contributed by atoms with E-state index in [1.54, 1.807) is 0 Å². The van der Waals surface area contributed by atoms with Crippen LogP contribution in [0.25, 0.3) is 0 Å². The van der Waals surface area contributed by atoms with Gasteiger partial charge in [0.25, 0.3) is 5.91 Å². The standard InChI is InChI=1S/C16H20F3NO4/c1-15(2)9-10(6-7-23-15)20-14(21)12-8-11(22-3)4-5-13(12)24-16(17,18)19/h4-5,8,10H,6-7,9H2,1-3H3,(H,20,21)/t10-/m1/s1. The van der Waals surface area contributed by atoms with Gasteiger partial charge in [0.1, 0.15) is 11.5 Å². The van der Waals surface area contributed by atoms with Crippen molar-refractivity contribution >= 4 is 5.91 Å². The monoisotopic (exact) mass is 347 g/mol. The quantitative estimate of drug-likeness (QED) is 0.908. The van der Waals surface area contributed by atoms with E-state index in [-0.39, 0.29) is 17.4 Å². The predicted molar refractivity (Wildman–Crippen MR) is 80.2 cm³/mol. The van der Waals surface area contributed by atoms with Crippen LogP contribution in [0.4, 0.5) is 13.2 Å². The third-order valence-electron chi connectivity index (χ3n) is 3.69. The summed E-state index contributed by atoms with van der Waals surface area (Å²) in [5, 5.41) is 2.75. The Morgan fingerprint density at radius 3 is 2.67 bits per heavy atom. The molecule has 1 aliphatic rings. The number of benzene rings is 1. The normalized spacial score (nSPS) is 20.3. The van der Waals surface area contributed by atoms with E-state index in [4.69, 9.17) is 9.47 Å². The van der Waals surface area contributed by atoms with Crippen LogP contribution < -0.4 is 14.8 Å². The molecule has 1 aromatic carbocycles. The summed E-state index contributed by atoms with van der Waals surface area (Å²) in [5.41, 5.74) is -0.619. The fourth-order valence-electron chi connectivity index (χ4n) is 2.65. The lowest BCUT2D eigenvalue weighted by Gasteiger charge is -2.35. The number of halogens is 3. The van der Waals surface area contributed by atoms with Crippen LogP contribution in [0.1, 0.15) is 37.0 Å². The lowest BCUT2D eigenvalue weighted by molar-refractivity contribution is -0.274. The minimum Gasteiger partial charge on any atom is -0.497 e. The fourth-order valence-corrected chi connectivity index (χ4v) is 2.65. The molecule has 0 aliphatic carbocycles. The van der Waals surface area contributed by atoms with Crippen LogP contribution in [0, 0.1) is 0 Å². The summed E-state index contributed by atoms with van der Waals surface area (Å²) in [6, 6.07) is 3.40. The zero-order valence-corrected chi connectivity index (χ0v) is 13.7. The van der Waals surface area contributed by atoms with E-state index >= 15 is 0 Å². The molecule has 1 N–H and O–H groups in total. The first kappa shape index (κ1) is 18.4. The summed E-state index contributed by atoms with van der Waals surface area (Å²) >= 11 is 0. The Morgan fingerprint density at radius 2 is 2.08 bits per heavy atom. The summed E-state index contributed by atoms with van der Waals surface area (Å²) in [6.07, 6.45) is -3.73. The summed E-state index contributed by atoms with van der Waals surface area (Å²) in [4.78, 5) is 12.4. The number of hydrogen-bond acceptors (Lipinski definition) is 4. The minimum absolute atomic E-state index is 0.189. The molecule has 1 fully saturated rings. The fraction of sp³-hybridized carbons (Fsp3) is 0.562. The van der Waals surface area contributed by atoms with Crippen LogP contribution >= 0.6 is 0 Å². The average Bonchev–Trinajstić information content (AvgIpc) is 2.44. The molecule has 0 saturated carbocycles. The number of ether oxygens (including phenoxy) is 3. The van der Waals surface area contributed by atoms with Crippen molar-refractivity contribution in [3.8, 4) is 11.5 Å². The molecule has 1 amide bonds. The number of nitrogens with one attached hydrogen (secondary N) is 1. The van der Waals surface area contributed by atoms with Gasteiger partial charge in [-0.3, -0.25) is 4.79 Å². The molecule has 0 aromatic heterocycles. The lowest BCUT2D eigenvalue weighted by atomic mass is 9.93. The molecule has 1 aromatic rings. The maximum Gasteiger partial charge on any atom is 0.573 e. The highest BCUT2D eigenvalue weighted by Gasteiger charge is 2.34. The van der Waals surface area contributed by atoms with E-state index in [0.717, 1.165) is 6.07 Å². The lowest BCUT2D eigenvalue weighted by Crippen LogP contribution is -2.45. The number of methoxy groups -OCH3 is 1. The molecule has 1 atom stereocenters. The van der Waals surface area contributed by atoms with Crippen molar-refractivity contribution in [1.29, 1.82) is 0 Å². The van der Waals surface area contributed by atoms with Gasteiger partial charge >= 0.3 is 6.36 Å². The van der Waals surface area contributed by atoms with Gasteiger partial charge in [0, 0.05) is 12.6 Å². The topological polar surface area (TPSA) is 56.8 Å². The smallest absolute Gasteiger partial charge is 0.497 e. The molecule has 8 heteroatoms. The van der Waals surface area contributed by atoms with E-state index in [1.807, 2.05) is 13.8 Å². The molecule has 0 bridgehead atoms. The Balaban J connectivity index is 2.20. The van der Waals surface area contributed by atoms with Crippen molar-refractivity contribution in [3.63, 3.8) is 0 Å². The highest BCUT2D eigenvalue weighted by Crippen LogP contribution is 2.30. The summed E-state index contributed by atoms with van der Waals surface area (Å²) < 4.78 is 52.1. The first-order valence-electron chi connectivity index (χ1n) is 7.48. The van der Waals surface area contributed by atoms with Crippen molar-refractivity contribution in [2.45, 2.75) is 44.7 Å². The van der Waals surface area contributed by atoms with Gasteiger partial charge in [0.15, 0.2) is 0 Å². The molecular weight excluding hydrogens is 327 g/mol. The van der Waals surface area contributed by atoms with Crippen molar-refractivity contribution in [1.82, 2.24) is 5.32 Å².